The molecule has 1 amide bonds. The lowest BCUT2D eigenvalue weighted by Gasteiger charge is -2.18. The molecule has 1 N–H and O–H groups in total. The van der Waals surface area contributed by atoms with E-state index >= 15 is 0 Å². The Hall–Kier alpha value is -2.21. The molecule has 0 radical (unpaired) electrons. The van der Waals surface area contributed by atoms with Gasteiger partial charge in [0.2, 0.25) is 0 Å². The van der Waals surface area contributed by atoms with Crippen LogP contribution >= 0.6 is 11.6 Å². The predicted molar refractivity (Wildman–Crippen MR) is 91.1 cm³/mol. The number of benzene rings is 2. The van der Waals surface area contributed by atoms with Crippen LogP contribution in [0, 0.1) is 13.8 Å². The molecule has 1 atom stereocenters. The molecule has 0 unspecified atom stereocenters. The number of alkyl halides is 3. The van der Waals surface area contributed by atoms with Gasteiger partial charge >= 0.3 is 6.18 Å². The van der Waals surface area contributed by atoms with Crippen LogP contribution in [-0.2, 0) is 11.0 Å². The topological polar surface area (TPSA) is 38.3 Å². The number of hydrogen-bond donors (Lipinski definition) is 1. The zero-order valence-electron chi connectivity index (χ0n) is 13.9. The van der Waals surface area contributed by atoms with Crippen LogP contribution in [0.15, 0.2) is 36.4 Å². The van der Waals surface area contributed by atoms with Crippen LogP contribution in [-0.4, -0.2) is 12.0 Å². The zero-order valence-corrected chi connectivity index (χ0v) is 14.6. The van der Waals surface area contributed by atoms with Crippen molar-refractivity contribution in [2.45, 2.75) is 33.1 Å². The molecule has 134 valence electrons. The first-order chi connectivity index (χ1) is 11.6. The average molecular weight is 372 g/mol. The highest BCUT2D eigenvalue weighted by atomic mass is 35.5. The Morgan fingerprint density at radius 3 is 2.40 bits per heavy atom. The lowest BCUT2D eigenvalue weighted by atomic mass is 10.1. The number of hydrogen-bond acceptors (Lipinski definition) is 2. The molecular weight excluding hydrogens is 355 g/mol. The maximum Gasteiger partial charge on any atom is 0.418 e. The minimum atomic E-state index is -4.63. The lowest BCUT2D eigenvalue weighted by Crippen LogP contribution is -2.31. The second-order valence-electron chi connectivity index (χ2n) is 5.68. The summed E-state index contributed by atoms with van der Waals surface area (Å²) in [6.07, 6.45) is -5.61. The lowest BCUT2D eigenvalue weighted by molar-refractivity contribution is -0.137. The van der Waals surface area contributed by atoms with Gasteiger partial charge in [-0.05, 0) is 62.2 Å². The molecule has 0 spiro atoms. The Labute approximate surface area is 148 Å². The highest BCUT2D eigenvalue weighted by Crippen LogP contribution is 2.36. The van der Waals surface area contributed by atoms with Crippen molar-refractivity contribution < 1.29 is 22.7 Å². The molecule has 0 aliphatic heterocycles. The second-order valence-corrected chi connectivity index (χ2v) is 6.12. The summed E-state index contributed by atoms with van der Waals surface area (Å²) in [5.41, 5.74) is 0.687. The van der Waals surface area contributed by atoms with Crippen molar-refractivity contribution in [1.82, 2.24) is 0 Å². The van der Waals surface area contributed by atoms with Crippen LogP contribution in [0.3, 0.4) is 0 Å². The van der Waals surface area contributed by atoms with Crippen LogP contribution in [0.1, 0.15) is 23.6 Å². The van der Waals surface area contributed by atoms with Crippen molar-refractivity contribution in [1.29, 1.82) is 0 Å². The van der Waals surface area contributed by atoms with Gasteiger partial charge in [-0.1, -0.05) is 17.7 Å². The fourth-order valence-corrected chi connectivity index (χ4v) is 2.31. The molecule has 2 rings (SSSR count). The minimum Gasteiger partial charge on any atom is -0.481 e. The maximum absolute atomic E-state index is 13.1. The van der Waals surface area contributed by atoms with E-state index in [0.29, 0.717) is 5.75 Å². The Morgan fingerprint density at radius 2 is 1.80 bits per heavy atom. The third-order valence-corrected chi connectivity index (χ3v) is 3.94. The number of nitrogens with one attached hydrogen (secondary N) is 1. The van der Waals surface area contributed by atoms with E-state index in [1.165, 1.54) is 13.0 Å². The largest absolute Gasteiger partial charge is 0.481 e. The zero-order chi connectivity index (χ0) is 18.8. The molecule has 0 saturated carbocycles. The van der Waals surface area contributed by atoms with E-state index in [4.69, 9.17) is 16.3 Å². The van der Waals surface area contributed by atoms with E-state index < -0.39 is 23.8 Å². The quantitative estimate of drug-likeness (QED) is 0.783. The highest BCUT2D eigenvalue weighted by Gasteiger charge is 2.34. The van der Waals surface area contributed by atoms with Crippen LogP contribution < -0.4 is 10.1 Å². The third kappa shape index (κ3) is 4.89. The molecule has 0 aromatic heterocycles. The number of anilines is 1. The fraction of sp³-hybridized carbons (Fsp3) is 0.278. The van der Waals surface area contributed by atoms with Gasteiger partial charge in [0.25, 0.3) is 5.91 Å². The first kappa shape index (κ1) is 19.1. The number of halogens is 4. The molecule has 0 fully saturated rings. The molecule has 25 heavy (non-hydrogen) atoms. The van der Waals surface area contributed by atoms with E-state index in [-0.39, 0.29) is 10.7 Å². The van der Waals surface area contributed by atoms with Crippen LogP contribution in [0.25, 0.3) is 0 Å². The van der Waals surface area contributed by atoms with Gasteiger partial charge in [-0.3, -0.25) is 4.79 Å². The normalized spacial score (nSPS) is 12.6. The van der Waals surface area contributed by atoms with Gasteiger partial charge < -0.3 is 10.1 Å². The van der Waals surface area contributed by atoms with Gasteiger partial charge in [0.15, 0.2) is 6.10 Å². The van der Waals surface area contributed by atoms with E-state index in [2.05, 4.69) is 5.32 Å². The van der Waals surface area contributed by atoms with Crippen molar-refractivity contribution in [2.75, 3.05) is 5.32 Å². The average Bonchev–Trinajstić information content (AvgIpc) is 2.51. The summed E-state index contributed by atoms with van der Waals surface area (Å²) in [4.78, 5) is 12.2. The van der Waals surface area contributed by atoms with Gasteiger partial charge in [0, 0.05) is 5.02 Å². The first-order valence-electron chi connectivity index (χ1n) is 7.49. The molecule has 0 heterocycles. The molecule has 3 nitrogen and oxygen atoms in total. The van der Waals surface area contributed by atoms with Crippen LogP contribution in [0.2, 0.25) is 5.02 Å². The Balaban J connectivity index is 2.15. The Morgan fingerprint density at radius 1 is 1.12 bits per heavy atom. The summed E-state index contributed by atoms with van der Waals surface area (Å²) in [6, 6.07) is 8.48. The van der Waals surface area contributed by atoms with Crippen molar-refractivity contribution >= 4 is 23.2 Å². The van der Waals surface area contributed by atoms with Crippen molar-refractivity contribution in [2.24, 2.45) is 0 Å². The van der Waals surface area contributed by atoms with E-state index in [9.17, 15) is 18.0 Å². The van der Waals surface area contributed by atoms with E-state index in [0.717, 1.165) is 23.3 Å². The van der Waals surface area contributed by atoms with Gasteiger partial charge in [0.05, 0.1) is 11.3 Å². The number of aryl methyl sites for hydroxylation is 2. The summed E-state index contributed by atoms with van der Waals surface area (Å²) in [6.45, 7) is 5.30. The Bertz CT molecular complexity index is 790. The first-order valence-corrected chi connectivity index (χ1v) is 7.87. The van der Waals surface area contributed by atoms with Gasteiger partial charge in [-0.2, -0.15) is 13.2 Å². The number of rotatable bonds is 4. The maximum atomic E-state index is 13.1. The molecule has 0 saturated heterocycles. The second kappa shape index (κ2) is 7.35. The Kier molecular flexibility index (Phi) is 5.62. The summed E-state index contributed by atoms with van der Waals surface area (Å²) in [7, 11) is 0. The molecule has 2 aromatic rings. The van der Waals surface area contributed by atoms with Crippen molar-refractivity contribution in [3.05, 3.63) is 58.1 Å². The van der Waals surface area contributed by atoms with Crippen molar-refractivity contribution in [3.8, 4) is 5.75 Å². The number of carbonyl (C=O) groups is 1. The molecule has 7 heteroatoms. The fourth-order valence-electron chi connectivity index (χ4n) is 2.14. The molecule has 0 aliphatic rings. The summed E-state index contributed by atoms with van der Waals surface area (Å²) >= 11 is 5.62. The molecular formula is C18H17ClF3NO2. The molecule has 2 aromatic carbocycles. The van der Waals surface area contributed by atoms with Gasteiger partial charge in [-0.25, -0.2) is 0 Å². The minimum absolute atomic E-state index is 0.0650. The van der Waals surface area contributed by atoms with Crippen LogP contribution in [0.4, 0.5) is 18.9 Å². The molecule has 0 aliphatic carbocycles. The van der Waals surface area contributed by atoms with Crippen molar-refractivity contribution in [3.63, 3.8) is 0 Å². The van der Waals surface area contributed by atoms with Gasteiger partial charge in [0.1, 0.15) is 5.75 Å². The number of ether oxygens (including phenoxy) is 1. The number of amides is 1. The van der Waals surface area contributed by atoms with Gasteiger partial charge in [-0.15, -0.1) is 0 Å². The molecule has 0 bridgehead atoms. The van der Waals surface area contributed by atoms with E-state index in [1.807, 2.05) is 19.9 Å². The third-order valence-electron chi connectivity index (χ3n) is 3.71. The summed E-state index contributed by atoms with van der Waals surface area (Å²) < 4.78 is 44.7. The monoisotopic (exact) mass is 371 g/mol. The summed E-state index contributed by atoms with van der Waals surface area (Å²) in [5, 5.41) is 2.18. The number of carbonyl (C=O) groups excluding carboxylic acids is 1. The van der Waals surface area contributed by atoms with Crippen LogP contribution in [0.5, 0.6) is 5.75 Å². The smallest absolute Gasteiger partial charge is 0.418 e. The predicted octanol–water partition coefficient (Wildman–Crippen LogP) is 5.38. The highest BCUT2D eigenvalue weighted by molar-refractivity contribution is 6.30. The standard InChI is InChI=1S/C18H17ClF3NO2/c1-10-4-6-14(8-11(10)2)25-12(3)17(24)23-16-7-5-13(19)9-15(16)18(20,21)22/h4-9,12H,1-3H3,(H,23,24)/t12-/m0/s1. The van der Waals surface area contributed by atoms with E-state index in [1.54, 1.807) is 12.1 Å². The summed E-state index contributed by atoms with van der Waals surface area (Å²) in [5.74, 6) is -0.219. The SMILES string of the molecule is Cc1ccc(O[C@@H](C)C(=O)Nc2ccc(Cl)cc2C(F)(F)F)cc1C.